The zero-order chi connectivity index (χ0) is 19.7. The first-order valence-corrected chi connectivity index (χ1v) is 9.57. The molecular formula is C20H16Cl2N2O4. The van der Waals surface area contributed by atoms with Crippen molar-refractivity contribution in [1.82, 2.24) is 9.55 Å². The van der Waals surface area contributed by atoms with Crippen LogP contribution in [0.2, 0.25) is 10.0 Å². The van der Waals surface area contributed by atoms with Crippen molar-refractivity contribution in [1.29, 1.82) is 0 Å². The van der Waals surface area contributed by atoms with Crippen LogP contribution in [0, 0.1) is 0 Å². The molecule has 8 heteroatoms. The Kier molecular flexibility index (Phi) is 5.24. The van der Waals surface area contributed by atoms with Gasteiger partial charge in [0.15, 0.2) is 0 Å². The number of ether oxygens (including phenoxy) is 2. The van der Waals surface area contributed by atoms with E-state index in [9.17, 15) is 9.59 Å². The number of esters is 1. The third kappa shape index (κ3) is 3.70. The number of carbonyl (C=O) groups excluding carboxylic acids is 1. The number of aryl methyl sites for hydroxylation is 1. The summed E-state index contributed by atoms with van der Waals surface area (Å²) in [5.41, 5.74) is 0.786. The molecule has 2 heterocycles. The summed E-state index contributed by atoms with van der Waals surface area (Å²) >= 11 is 11.9. The van der Waals surface area contributed by atoms with Gasteiger partial charge in [-0.3, -0.25) is 9.36 Å². The Bertz CT molecular complexity index is 1130. The SMILES string of the molecule is O=C(OCCOc1ccc(Cl)cc1Cl)c1ccc2c(=O)n3c(nc2c1)CCC3. The van der Waals surface area contributed by atoms with Crippen LogP contribution < -0.4 is 10.3 Å². The van der Waals surface area contributed by atoms with E-state index in [1.807, 2.05) is 0 Å². The van der Waals surface area contributed by atoms with Gasteiger partial charge in [-0.15, -0.1) is 0 Å². The number of carbonyl (C=O) groups is 1. The van der Waals surface area contributed by atoms with Crippen LogP contribution in [-0.4, -0.2) is 28.7 Å². The number of rotatable bonds is 5. The smallest absolute Gasteiger partial charge is 0.338 e. The van der Waals surface area contributed by atoms with Crippen molar-refractivity contribution in [3.63, 3.8) is 0 Å². The van der Waals surface area contributed by atoms with Gasteiger partial charge in [0, 0.05) is 18.0 Å². The average molecular weight is 419 g/mol. The van der Waals surface area contributed by atoms with E-state index in [1.54, 1.807) is 41.0 Å². The van der Waals surface area contributed by atoms with Crippen LogP contribution >= 0.6 is 23.2 Å². The molecule has 0 amide bonds. The summed E-state index contributed by atoms with van der Waals surface area (Å²) in [6.45, 7) is 0.891. The summed E-state index contributed by atoms with van der Waals surface area (Å²) in [4.78, 5) is 29.3. The monoisotopic (exact) mass is 418 g/mol. The van der Waals surface area contributed by atoms with Crippen molar-refractivity contribution in [3.8, 4) is 5.75 Å². The molecule has 1 aromatic heterocycles. The van der Waals surface area contributed by atoms with Crippen molar-refractivity contribution in [3.05, 3.63) is 68.2 Å². The van der Waals surface area contributed by atoms with Crippen molar-refractivity contribution in [2.45, 2.75) is 19.4 Å². The van der Waals surface area contributed by atoms with Gasteiger partial charge >= 0.3 is 5.97 Å². The Balaban J connectivity index is 1.41. The Morgan fingerprint density at radius 2 is 2.00 bits per heavy atom. The molecule has 6 nitrogen and oxygen atoms in total. The number of benzene rings is 2. The summed E-state index contributed by atoms with van der Waals surface area (Å²) in [5, 5.41) is 1.40. The predicted octanol–water partition coefficient (Wildman–Crippen LogP) is 3.89. The second-order valence-corrected chi connectivity index (χ2v) is 7.22. The molecule has 0 unspecified atom stereocenters. The highest BCUT2D eigenvalue weighted by Gasteiger charge is 2.17. The maximum absolute atomic E-state index is 12.5. The normalized spacial score (nSPS) is 12.8. The predicted molar refractivity (Wildman–Crippen MR) is 107 cm³/mol. The molecule has 0 spiro atoms. The molecule has 0 fully saturated rings. The van der Waals surface area contributed by atoms with Crippen LogP contribution in [0.3, 0.4) is 0 Å². The molecule has 0 radical (unpaired) electrons. The highest BCUT2D eigenvalue weighted by molar-refractivity contribution is 6.35. The fourth-order valence-electron chi connectivity index (χ4n) is 3.17. The van der Waals surface area contributed by atoms with E-state index in [0.29, 0.717) is 38.8 Å². The summed E-state index contributed by atoms with van der Waals surface area (Å²) in [5.74, 6) is 0.720. The minimum absolute atomic E-state index is 0.0517. The number of hydrogen-bond acceptors (Lipinski definition) is 5. The molecular weight excluding hydrogens is 403 g/mol. The Morgan fingerprint density at radius 3 is 2.82 bits per heavy atom. The molecule has 3 aromatic rings. The second-order valence-electron chi connectivity index (χ2n) is 6.38. The van der Waals surface area contributed by atoms with Gasteiger partial charge in [0.25, 0.3) is 5.56 Å². The second kappa shape index (κ2) is 7.81. The first kappa shape index (κ1) is 18.8. The fourth-order valence-corrected chi connectivity index (χ4v) is 3.64. The lowest BCUT2D eigenvalue weighted by molar-refractivity contribution is 0.0450. The zero-order valence-electron chi connectivity index (χ0n) is 14.8. The quantitative estimate of drug-likeness (QED) is 0.464. The molecule has 0 aliphatic carbocycles. The maximum Gasteiger partial charge on any atom is 0.338 e. The Labute approximate surface area is 170 Å². The molecule has 2 aromatic carbocycles. The van der Waals surface area contributed by atoms with Gasteiger partial charge in [0.1, 0.15) is 24.8 Å². The van der Waals surface area contributed by atoms with Crippen molar-refractivity contribution >= 4 is 40.1 Å². The fraction of sp³-hybridized carbons (Fsp3) is 0.250. The molecule has 1 aliphatic heterocycles. The van der Waals surface area contributed by atoms with Crippen molar-refractivity contribution < 1.29 is 14.3 Å². The Morgan fingerprint density at radius 1 is 1.14 bits per heavy atom. The van der Waals surface area contributed by atoms with Crippen LogP contribution in [0.15, 0.2) is 41.2 Å². The molecule has 4 rings (SSSR count). The molecule has 28 heavy (non-hydrogen) atoms. The topological polar surface area (TPSA) is 70.4 Å². The molecule has 0 saturated carbocycles. The minimum atomic E-state index is -0.505. The van der Waals surface area contributed by atoms with Gasteiger partial charge < -0.3 is 9.47 Å². The zero-order valence-corrected chi connectivity index (χ0v) is 16.3. The van der Waals surface area contributed by atoms with E-state index >= 15 is 0 Å². The van der Waals surface area contributed by atoms with E-state index in [2.05, 4.69) is 4.98 Å². The van der Waals surface area contributed by atoms with Gasteiger partial charge in [-0.05, 0) is 42.8 Å². The average Bonchev–Trinajstić information content (AvgIpc) is 3.15. The standard InChI is InChI=1S/C20H16Cl2N2O4/c21-13-4-6-17(15(22)11-13)27-8-9-28-20(26)12-3-5-14-16(10-12)23-18-2-1-7-24(18)19(14)25/h3-6,10-11H,1-2,7-9H2. The number of aromatic nitrogens is 2. The van der Waals surface area contributed by atoms with Crippen LogP contribution in [-0.2, 0) is 17.7 Å². The maximum atomic E-state index is 12.5. The van der Waals surface area contributed by atoms with Crippen LogP contribution in [0.5, 0.6) is 5.75 Å². The minimum Gasteiger partial charge on any atom is -0.488 e. The van der Waals surface area contributed by atoms with Gasteiger partial charge in [-0.1, -0.05) is 23.2 Å². The molecule has 0 bridgehead atoms. The lowest BCUT2D eigenvalue weighted by Gasteiger charge is -2.10. The summed E-state index contributed by atoms with van der Waals surface area (Å²) < 4.78 is 12.4. The summed E-state index contributed by atoms with van der Waals surface area (Å²) in [6, 6.07) is 9.68. The van der Waals surface area contributed by atoms with E-state index < -0.39 is 5.97 Å². The van der Waals surface area contributed by atoms with E-state index in [4.69, 9.17) is 32.7 Å². The Hall–Kier alpha value is -2.57. The molecule has 0 atom stereocenters. The van der Waals surface area contributed by atoms with Crippen molar-refractivity contribution in [2.75, 3.05) is 13.2 Å². The first-order valence-electron chi connectivity index (χ1n) is 8.81. The van der Waals surface area contributed by atoms with Gasteiger partial charge in [0.05, 0.1) is 21.5 Å². The van der Waals surface area contributed by atoms with Crippen LogP contribution in [0.25, 0.3) is 10.9 Å². The molecule has 144 valence electrons. The van der Waals surface area contributed by atoms with E-state index in [1.165, 1.54) is 0 Å². The highest BCUT2D eigenvalue weighted by atomic mass is 35.5. The van der Waals surface area contributed by atoms with E-state index in [-0.39, 0.29) is 18.8 Å². The molecule has 0 saturated heterocycles. The van der Waals surface area contributed by atoms with Crippen LogP contribution in [0.1, 0.15) is 22.6 Å². The lowest BCUT2D eigenvalue weighted by Crippen LogP contribution is -2.21. The highest BCUT2D eigenvalue weighted by Crippen LogP contribution is 2.27. The van der Waals surface area contributed by atoms with Gasteiger partial charge in [0.2, 0.25) is 0 Å². The lowest BCUT2D eigenvalue weighted by atomic mass is 10.1. The molecule has 0 N–H and O–H groups in total. The number of fused-ring (bicyclic) bond motifs is 2. The van der Waals surface area contributed by atoms with E-state index in [0.717, 1.165) is 18.7 Å². The summed E-state index contributed by atoms with van der Waals surface area (Å²) in [7, 11) is 0. The molecule has 1 aliphatic rings. The third-order valence-electron chi connectivity index (χ3n) is 4.52. The number of hydrogen-bond donors (Lipinski definition) is 0. The van der Waals surface area contributed by atoms with Crippen molar-refractivity contribution in [2.24, 2.45) is 0 Å². The van der Waals surface area contributed by atoms with Crippen LogP contribution in [0.4, 0.5) is 0 Å². The first-order chi connectivity index (χ1) is 13.5. The number of halogens is 2. The van der Waals surface area contributed by atoms with Gasteiger partial charge in [-0.25, -0.2) is 9.78 Å². The van der Waals surface area contributed by atoms with Gasteiger partial charge in [-0.2, -0.15) is 0 Å². The summed E-state index contributed by atoms with van der Waals surface area (Å²) in [6.07, 6.45) is 1.68. The largest absolute Gasteiger partial charge is 0.488 e. The third-order valence-corrected chi connectivity index (χ3v) is 5.05. The number of nitrogens with zero attached hydrogens (tertiary/aromatic N) is 2.